The molecule has 140 valence electrons. The molecule has 0 radical (unpaired) electrons. The summed E-state index contributed by atoms with van der Waals surface area (Å²) in [6.07, 6.45) is 3.37. The number of hydrogen-bond acceptors (Lipinski definition) is 5. The Labute approximate surface area is 156 Å². The van der Waals surface area contributed by atoms with Gasteiger partial charge in [0, 0.05) is 29.3 Å². The number of aromatic nitrogens is 3. The van der Waals surface area contributed by atoms with Crippen LogP contribution in [-0.4, -0.2) is 34.4 Å². The summed E-state index contributed by atoms with van der Waals surface area (Å²) in [5.74, 6) is -0.545. The van der Waals surface area contributed by atoms with E-state index in [-0.39, 0.29) is 5.56 Å². The zero-order valence-corrected chi connectivity index (χ0v) is 15.5. The third-order valence-corrected chi connectivity index (χ3v) is 4.99. The van der Waals surface area contributed by atoms with Crippen LogP contribution in [-0.2, 0) is 16.4 Å². The maximum absolute atomic E-state index is 12.0. The number of nitrogens with zero attached hydrogens (tertiary/aromatic N) is 2. The third-order valence-electron chi connectivity index (χ3n) is 3.84. The minimum absolute atomic E-state index is 0.0579. The first-order valence-corrected chi connectivity index (χ1v) is 9.76. The Hall–Kier alpha value is -3.20. The lowest BCUT2D eigenvalue weighted by Gasteiger charge is -2.09. The summed E-state index contributed by atoms with van der Waals surface area (Å²) < 4.78 is 26.4. The number of rotatable bonds is 6. The molecule has 0 aliphatic carbocycles. The van der Waals surface area contributed by atoms with Crippen LogP contribution in [0.5, 0.6) is 0 Å². The van der Waals surface area contributed by atoms with Crippen LogP contribution in [0.1, 0.15) is 30.0 Å². The van der Waals surface area contributed by atoms with E-state index in [1.807, 2.05) is 6.92 Å². The van der Waals surface area contributed by atoms with Gasteiger partial charge in [-0.05, 0) is 19.1 Å². The van der Waals surface area contributed by atoms with Gasteiger partial charge in [-0.25, -0.2) is 23.2 Å². The normalized spacial score (nSPS) is 11.9. The second-order valence-electron chi connectivity index (χ2n) is 5.77. The molecule has 27 heavy (non-hydrogen) atoms. The monoisotopic (exact) mass is 386 g/mol. The largest absolute Gasteiger partial charge is 0.478 e. The van der Waals surface area contributed by atoms with Gasteiger partial charge in [-0.15, -0.1) is 0 Å². The Kier molecular flexibility index (Phi) is 4.95. The summed E-state index contributed by atoms with van der Waals surface area (Å²) >= 11 is 0. The number of benzene rings is 1. The van der Waals surface area contributed by atoms with Crippen molar-refractivity contribution in [3.63, 3.8) is 0 Å². The molecule has 0 bridgehead atoms. The van der Waals surface area contributed by atoms with E-state index in [9.17, 15) is 18.3 Å². The molecule has 3 aromatic rings. The lowest BCUT2D eigenvalue weighted by molar-refractivity contribution is 0.0699. The van der Waals surface area contributed by atoms with Gasteiger partial charge in [0.1, 0.15) is 11.5 Å². The smallest absolute Gasteiger partial charge is 0.338 e. The number of hydrogen-bond donors (Lipinski definition) is 3. The van der Waals surface area contributed by atoms with E-state index < -0.39 is 16.0 Å². The molecule has 3 N–H and O–H groups in total. The fourth-order valence-corrected chi connectivity index (χ4v) is 3.60. The number of carboxylic acid groups (broad SMARTS) is 1. The van der Waals surface area contributed by atoms with Gasteiger partial charge in [-0.2, -0.15) is 0 Å². The number of H-pyrrole nitrogens is 1. The van der Waals surface area contributed by atoms with E-state index in [1.54, 1.807) is 31.2 Å². The van der Waals surface area contributed by atoms with Crippen molar-refractivity contribution < 1.29 is 18.3 Å². The van der Waals surface area contributed by atoms with E-state index >= 15 is 0 Å². The Morgan fingerprint density at radius 1 is 1.33 bits per heavy atom. The number of fused-ring (bicyclic) bond motifs is 1. The van der Waals surface area contributed by atoms with E-state index in [4.69, 9.17) is 0 Å². The zero-order chi connectivity index (χ0) is 19.6. The molecule has 0 atom stereocenters. The van der Waals surface area contributed by atoms with Crippen LogP contribution < -0.4 is 4.72 Å². The lowest BCUT2D eigenvalue weighted by atomic mass is 10.1. The van der Waals surface area contributed by atoms with Crippen molar-refractivity contribution in [3.8, 4) is 11.3 Å². The molecule has 0 fully saturated rings. The van der Waals surface area contributed by atoms with Crippen molar-refractivity contribution in [2.75, 3.05) is 4.72 Å². The van der Waals surface area contributed by atoms with Crippen LogP contribution in [0.3, 0.4) is 0 Å². The van der Waals surface area contributed by atoms with Crippen LogP contribution in [0, 0.1) is 0 Å². The Morgan fingerprint density at radius 2 is 2.11 bits per heavy atom. The van der Waals surface area contributed by atoms with Gasteiger partial charge < -0.3 is 10.1 Å². The van der Waals surface area contributed by atoms with Crippen LogP contribution in [0.2, 0.25) is 0 Å². The quantitative estimate of drug-likeness (QED) is 0.597. The standard InChI is InChI=1S/C18H18N4O4S/c1-3-8-27(25,26)22-12-7-5-6-11(9-12)16-15-13(18(23)24)10-19-17(15)21-14(4-2)20-16/h3,5-10,22H,4H2,1-2H3,(H,23,24)(H,19,20,21)/b8-3+. The van der Waals surface area contributed by atoms with Crippen LogP contribution >= 0.6 is 0 Å². The van der Waals surface area contributed by atoms with Crippen molar-refractivity contribution in [3.05, 3.63) is 53.3 Å². The maximum Gasteiger partial charge on any atom is 0.338 e. The summed E-state index contributed by atoms with van der Waals surface area (Å²) in [5.41, 5.74) is 1.85. The highest BCUT2D eigenvalue weighted by Gasteiger charge is 2.19. The number of aromatic amines is 1. The van der Waals surface area contributed by atoms with E-state index in [0.29, 0.717) is 40.2 Å². The van der Waals surface area contributed by atoms with Gasteiger partial charge in [0.05, 0.1) is 16.6 Å². The summed E-state index contributed by atoms with van der Waals surface area (Å²) in [4.78, 5) is 23.3. The summed E-state index contributed by atoms with van der Waals surface area (Å²) in [7, 11) is -3.61. The fourth-order valence-electron chi connectivity index (χ4n) is 2.72. The molecule has 2 aromatic heterocycles. The topological polar surface area (TPSA) is 125 Å². The van der Waals surface area contributed by atoms with E-state index in [1.165, 1.54) is 12.3 Å². The highest BCUT2D eigenvalue weighted by atomic mass is 32.2. The predicted octanol–water partition coefficient (Wildman–Crippen LogP) is 3.16. The molecule has 0 aliphatic rings. The Bertz CT molecular complexity index is 1150. The molecule has 0 spiro atoms. The van der Waals surface area contributed by atoms with Crippen molar-refractivity contribution in [1.82, 2.24) is 15.0 Å². The summed E-state index contributed by atoms with van der Waals surface area (Å²) in [6, 6.07) is 6.64. The molecule has 9 heteroatoms. The number of carboxylic acids is 1. The molecule has 0 saturated heterocycles. The Balaban J connectivity index is 2.19. The fraction of sp³-hybridized carbons (Fsp3) is 0.167. The van der Waals surface area contributed by atoms with Crippen molar-refractivity contribution >= 4 is 32.7 Å². The second kappa shape index (κ2) is 7.20. The minimum atomic E-state index is -3.61. The van der Waals surface area contributed by atoms with Gasteiger partial charge in [0.15, 0.2) is 0 Å². The van der Waals surface area contributed by atoms with Gasteiger partial charge in [-0.3, -0.25) is 4.72 Å². The second-order valence-corrected chi connectivity index (χ2v) is 7.34. The van der Waals surface area contributed by atoms with Crippen molar-refractivity contribution in [1.29, 1.82) is 0 Å². The SMILES string of the molecule is C/C=C/S(=O)(=O)Nc1cccc(-c2nc(CC)nc3[nH]cc(C(=O)O)c23)c1. The highest BCUT2D eigenvalue weighted by molar-refractivity contribution is 7.95. The van der Waals surface area contributed by atoms with Gasteiger partial charge in [-0.1, -0.05) is 25.1 Å². The third kappa shape index (κ3) is 3.82. The van der Waals surface area contributed by atoms with E-state index in [0.717, 1.165) is 5.41 Å². The first-order chi connectivity index (χ1) is 12.8. The molecule has 0 unspecified atom stereocenters. The van der Waals surface area contributed by atoms with Gasteiger partial charge in [0.2, 0.25) is 0 Å². The number of anilines is 1. The molecule has 8 nitrogen and oxygen atoms in total. The van der Waals surface area contributed by atoms with Crippen molar-refractivity contribution in [2.45, 2.75) is 20.3 Å². The van der Waals surface area contributed by atoms with Gasteiger partial charge >= 0.3 is 5.97 Å². The summed E-state index contributed by atoms with van der Waals surface area (Å²) in [6.45, 7) is 3.51. The number of carbonyl (C=O) groups is 1. The average Bonchev–Trinajstić information content (AvgIpc) is 3.04. The number of aromatic carboxylic acids is 1. The number of nitrogens with one attached hydrogen (secondary N) is 2. The molecule has 0 saturated carbocycles. The summed E-state index contributed by atoms with van der Waals surface area (Å²) in [5, 5.41) is 10.9. The lowest BCUT2D eigenvalue weighted by Crippen LogP contribution is -2.08. The van der Waals surface area contributed by atoms with Crippen LogP contribution in [0.25, 0.3) is 22.3 Å². The molecule has 3 rings (SSSR count). The first-order valence-electron chi connectivity index (χ1n) is 8.22. The maximum atomic E-state index is 12.0. The number of sulfonamides is 1. The molecule has 0 aliphatic heterocycles. The van der Waals surface area contributed by atoms with Gasteiger partial charge in [0.25, 0.3) is 10.0 Å². The van der Waals surface area contributed by atoms with Crippen LogP contribution in [0.15, 0.2) is 41.9 Å². The Morgan fingerprint density at radius 3 is 2.78 bits per heavy atom. The molecular formula is C18H18N4O4S. The van der Waals surface area contributed by atoms with E-state index in [2.05, 4.69) is 19.7 Å². The number of allylic oxidation sites excluding steroid dienone is 1. The zero-order valence-electron chi connectivity index (χ0n) is 14.7. The molecular weight excluding hydrogens is 368 g/mol. The first kappa shape index (κ1) is 18.6. The van der Waals surface area contributed by atoms with Crippen LogP contribution in [0.4, 0.5) is 5.69 Å². The molecule has 2 heterocycles. The minimum Gasteiger partial charge on any atom is -0.478 e. The average molecular weight is 386 g/mol. The predicted molar refractivity (Wildman–Crippen MR) is 103 cm³/mol. The molecule has 0 amide bonds. The molecule has 1 aromatic carbocycles. The number of aryl methyl sites for hydroxylation is 1. The highest BCUT2D eigenvalue weighted by Crippen LogP contribution is 2.30. The van der Waals surface area contributed by atoms with Crippen molar-refractivity contribution in [2.24, 2.45) is 0 Å².